The number of nitrogens with zero attached hydrogens (tertiary/aromatic N) is 3. The van der Waals surface area contributed by atoms with E-state index < -0.39 is 0 Å². The lowest BCUT2D eigenvalue weighted by molar-refractivity contribution is 0.526. The Morgan fingerprint density at radius 3 is 2.05 bits per heavy atom. The van der Waals surface area contributed by atoms with Gasteiger partial charge >= 0.3 is 0 Å². The number of aryl methyl sites for hydroxylation is 2. The molecule has 1 heterocycles. The normalized spacial score (nSPS) is 11.7. The van der Waals surface area contributed by atoms with E-state index >= 15 is 0 Å². The van der Waals surface area contributed by atoms with E-state index in [4.69, 9.17) is 5.73 Å². The van der Waals surface area contributed by atoms with Crippen molar-refractivity contribution in [1.82, 2.24) is 9.78 Å². The largest absolute Gasteiger partial charge is 0.357 e. The highest BCUT2D eigenvalue weighted by Gasteiger charge is 2.19. The molecular formula is C17H34N4. The van der Waals surface area contributed by atoms with Crippen LogP contribution >= 0.6 is 0 Å². The average molecular weight is 294 g/mol. The number of hydrogen-bond acceptors (Lipinski definition) is 3. The molecule has 4 nitrogen and oxygen atoms in total. The Morgan fingerprint density at radius 2 is 1.62 bits per heavy atom. The summed E-state index contributed by atoms with van der Waals surface area (Å²) in [4.78, 5) is 2.52. The third-order valence-electron chi connectivity index (χ3n) is 3.96. The number of nitrogens with two attached hydrogens (primary N) is 1. The second-order valence-electron chi connectivity index (χ2n) is 6.90. The molecule has 0 saturated heterocycles. The smallest absolute Gasteiger partial charge is 0.130 e. The molecule has 1 aromatic heterocycles. The Kier molecular flexibility index (Phi) is 7.23. The molecule has 0 spiro atoms. The van der Waals surface area contributed by atoms with Crippen molar-refractivity contribution in [1.29, 1.82) is 0 Å². The summed E-state index contributed by atoms with van der Waals surface area (Å²) in [5.41, 5.74) is 8.25. The Morgan fingerprint density at radius 1 is 1.10 bits per heavy atom. The van der Waals surface area contributed by atoms with Crippen LogP contribution < -0.4 is 10.6 Å². The molecule has 1 rings (SSSR count). The number of aromatic nitrogens is 2. The molecule has 0 saturated carbocycles. The molecule has 0 aliphatic rings. The lowest BCUT2D eigenvalue weighted by atomic mass is 10.1. The van der Waals surface area contributed by atoms with E-state index in [1.807, 2.05) is 4.68 Å². The first-order valence-electron chi connectivity index (χ1n) is 8.34. The summed E-state index contributed by atoms with van der Waals surface area (Å²) >= 11 is 0. The van der Waals surface area contributed by atoms with E-state index in [2.05, 4.69) is 51.7 Å². The van der Waals surface area contributed by atoms with Gasteiger partial charge in [-0.05, 0) is 44.6 Å². The van der Waals surface area contributed by atoms with Crippen molar-refractivity contribution in [3.05, 3.63) is 11.3 Å². The van der Waals surface area contributed by atoms with E-state index in [1.54, 1.807) is 0 Å². The SMILES string of the molecule is Cc1nn(C)c(N(CCC(C)C)CCC(C)C)c1CCN. The minimum absolute atomic E-state index is 0.682. The maximum Gasteiger partial charge on any atom is 0.130 e. The summed E-state index contributed by atoms with van der Waals surface area (Å²) in [5.74, 6) is 2.72. The summed E-state index contributed by atoms with van der Waals surface area (Å²) < 4.78 is 2.04. The van der Waals surface area contributed by atoms with Crippen molar-refractivity contribution in [2.45, 2.75) is 53.9 Å². The zero-order valence-electron chi connectivity index (χ0n) is 14.8. The molecule has 0 amide bonds. The van der Waals surface area contributed by atoms with Crippen LogP contribution in [-0.2, 0) is 13.5 Å². The topological polar surface area (TPSA) is 47.1 Å². The first-order valence-corrected chi connectivity index (χ1v) is 8.34. The second-order valence-corrected chi connectivity index (χ2v) is 6.90. The number of hydrogen-bond donors (Lipinski definition) is 1. The quantitative estimate of drug-likeness (QED) is 0.761. The van der Waals surface area contributed by atoms with Gasteiger partial charge in [-0.25, -0.2) is 0 Å². The van der Waals surface area contributed by atoms with Gasteiger partial charge in [0.2, 0.25) is 0 Å². The minimum Gasteiger partial charge on any atom is -0.357 e. The predicted octanol–water partition coefficient (Wildman–Crippen LogP) is 3.13. The summed E-state index contributed by atoms with van der Waals surface area (Å²) in [5, 5.41) is 4.62. The van der Waals surface area contributed by atoms with Gasteiger partial charge in [0.25, 0.3) is 0 Å². The molecule has 0 atom stereocenters. The zero-order valence-corrected chi connectivity index (χ0v) is 14.8. The minimum atomic E-state index is 0.682. The molecule has 0 aliphatic carbocycles. The van der Waals surface area contributed by atoms with Gasteiger partial charge in [-0.2, -0.15) is 5.10 Å². The molecule has 0 aromatic carbocycles. The van der Waals surface area contributed by atoms with Gasteiger partial charge in [-0.1, -0.05) is 27.7 Å². The summed E-state index contributed by atoms with van der Waals surface area (Å²) in [6.45, 7) is 14.1. The van der Waals surface area contributed by atoms with Gasteiger partial charge < -0.3 is 10.6 Å². The maximum atomic E-state index is 5.80. The molecule has 0 bridgehead atoms. The number of anilines is 1. The average Bonchev–Trinajstić information content (AvgIpc) is 2.65. The van der Waals surface area contributed by atoms with Crippen molar-refractivity contribution < 1.29 is 0 Å². The van der Waals surface area contributed by atoms with Crippen molar-refractivity contribution >= 4 is 5.82 Å². The Balaban J connectivity index is 2.99. The highest BCUT2D eigenvalue weighted by molar-refractivity contribution is 5.50. The Hall–Kier alpha value is -1.03. The van der Waals surface area contributed by atoms with Crippen LogP contribution in [0.15, 0.2) is 0 Å². The molecule has 2 N–H and O–H groups in total. The molecule has 0 unspecified atom stereocenters. The van der Waals surface area contributed by atoms with E-state index in [0.29, 0.717) is 6.54 Å². The third-order valence-corrected chi connectivity index (χ3v) is 3.96. The predicted molar refractivity (Wildman–Crippen MR) is 91.8 cm³/mol. The van der Waals surface area contributed by atoms with Gasteiger partial charge in [0, 0.05) is 25.7 Å². The van der Waals surface area contributed by atoms with E-state index in [0.717, 1.165) is 37.0 Å². The van der Waals surface area contributed by atoms with Crippen LogP contribution in [0.25, 0.3) is 0 Å². The van der Waals surface area contributed by atoms with E-state index in [-0.39, 0.29) is 0 Å². The number of rotatable bonds is 9. The molecule has 0 fully saturated rings. The highest BCUT2D eigenvalue weighted by Crippen LogP contribution is 2.25. The van der Waals surface area contributed by atoms with Crippen LogP contribution in [-0.4, -0.2) is 29.4 Å². The van der Waals surface area contributed by atoms with Crippen molar-refractivity contribution in [2.24, 2.45) is 24.6 Å². The van der Waals surface area contributed by atoms with Gasteiger partial charge in [-0.3, -0.25) is 4.68 Å². The Bertz CT molecular complexity index is 409. The first-order chi connectivity index (χ1) is 9.86. The summed E-state index contributed by atoms with van der Waals surface area (Å²) in [7, 11) is 2.06. The third kappa shape index (κ3) is 5.34. The lowest BCUT2D eigenvalue weighted by Crippen LogP contribution is -2.30. The molecule has 122 valence electrons. The van der Waals surface area contributed by atoms with Gasteiger partial charge in [0.15, 0.2) is 0 Å². The van der Waals surface area contributed by atoms with Gasteiger partial charge in [0.05, 0.1) is 5.69 Å². The molecular weight excluding hydrogens is 260 g/mol. The fraction of sp³-hybridized carbons (Fsp3) is 0.824. The van der Waals surface area contributed by atoms with Crippen LogP contribution in [0.3, 0.4) is 0 Å². The summed E-state index contributed by atoms with van der Waals surface area (Å²) in [6, 6.07) is 0. The van der Waals surface area contributed by atoms with Crippen molar-refractivity contribution in [3.63, 3.8) is 0 Å². The Labute approximate surface area is 130 Å². The molecule has 0 radical (unpaired) electrons. The standard InChI is InChI=1S/C17H34N4/c1-13(2)8-11-21(12-9-14(3)4)17-16(7-10-18)15(5)19-20(17)6/h13-14H,7-12,18H2,1-6H3. The molecule has 1 aromatic rings. The van der Waals surface area contributed by atoms with Crippen LogP contribution in [0.2, 0.25) is 0 Å². The fourth-order valence-corrected chi connectivity index (χ4v) is 2.67. The summed E-state index contributed by atoms with van der Waals surface area (Å²) in [6.07, 6.45) is 3.34. The van der Waals surface area contributed by atoms with Crippen LogP contribution in [0.1, 0.15) is 51.8 Å². The zero-order chi connectivity index (χ0) is 16.0. The second kappa shape index (κ2) is 8.42. The van der Waals surface area contributed by atoms with E-state index in [1.165, 1.54) is 24.2 Å². The monoisotopic (exact) mass is 294 g/mol. The maximum absolute atomic E-state index is 5.80. The highest BCUT2D eigenvalue weighted by atomic mass is 15.4. The van der Waals surface area contributed by atoms with Crippen LogP contribution in [0.4, 0.5) is 5.82 Å². The molecule has 4 heteroatoms. The van der Waals surface area contributed by atoms with Crippen molar-refractivity contribution in [3.8, 4) is 0 Å². The van der Waals surface area contributed by atoms with E-state index in [9.17, 15) is 0 Å². The lowest BCUT2D eigenvalue weighted by Gasteiger charge is -2.27. The van der Waals surface area contributed by atoms with Gasteiger partial charge in [0.1, 0.15) is 5.82 Å². The van der Waals surface area contributed by atoms with Gasteiger partial charge in [-0.15, -0.1) is 0 Å². The first kappa shape index (κ1) is 18.0. The van der Waals surface area contributed by atoms with Crippen LogP contribution in [0.5, 0.6) is 0 Å². The van der Waals surface area contributed by atoms with Crippen LogP contribution in [0, 0.1) is 18.8 Å². The van der Waals surface area contributed by atoms with Crippen molar-refractivity contribution in [2.75, 3.05) is 24.5 Å². The molecule has 21 heavy (non-hydrogen) atoms. The molecule has 0 aliphatic heterocycles. The fourth-order valence-electron chi connectivity index (χ4n) is 2.67.